The Morgan fingerprint density at radius 3 is 3.09 bits per heavy atom. The number of nitrogens with zero attached hydrogens (tertiary/aromatic N) is 3. The number of carbonyl (C=O) groups excluding carboxylic acids is 1. The van der Waals surface area contributed by atoms with Crippen LogP contribution in [0.5, 0.6) is 0 Å². The van der Waals surface area contributed by atoms with Crippen LogP contribution in [0, 0.1) is 5.92 Å². The molecule has 0 saturated carbocycles. The van der Waals surface area contributed by atoms with Gasteiger partial charge >= 0.3 is 0 Å². The first kappa shape index (κ1) is 14.3. The largest absolute Gasteiger partial charge is 0.338 e. The van der Waals surface area contributed by atoms with Gasteiger partial charge in [-0.2, -0.15) is 0 Å². The van der Waals surface area contributed by atoms with Crippen molar-refractivity contribution in [2.75, 3.05) is 13.1 Å². The van der Waals surface area contributed by atoms with Gasteiger partial charge in [-0.15, -0.1) is 11.3 Å². The van der Waals surface area contributed by atoms with Gasteiger partial charge in [-0.05, 0) is 49.1 Å². The van der Waals surface area contributed by atoms with Gasteiger partial charge in [-0.3, -0.25) is 9.78 Å². The van der Waals surface area contributed by atoms with Gasteiger partial charge in [0.2, 0.25) is 0 Å². The molecule has 1 fully saturated rings. The molecule has 116 valence electrons. The van der Waals surface area contributed by atoms with Crippen LogP contribution >= 0.6 is 11.3 Å². The standard InChI is InChI=1S/C18H17N3OS/c22-18(14-4-5-16-17(10-14)23-12-20-16)21-8-6-13(11-21)9-15-3-1-2-7-19-15/h1-5,7,10,12-13H,6,8-9,11H2. The molecule has 2 aromatic heterocycles. The lowest BCUT2D eigenvalue weighted by Gasteiger charge is -2.16. The Labute approximate surface area is 138 Å². The molecular formula is C18H17N3OS. The van der Waals surface area contributed by atoms with Gasteiger partial charge in [0.1, 0.15) is 0 Å². The van der Waals surface area contributed by atoms with Crippen LogP contribution in [0.1, 0.15) is 22.5 Å². The van der Waals surface area contributed by atoms with Crippen LogP contribution in [0.2, 0.25) is 0 Å². The number of aromatic nitrogens is 2. The van der Waals surface area contributed by atoms with Crippen LogP contribution < -0.4 is 0 Å². The highest BCUT2D eigenvalue weighted by atomic mass is 32.1. The first-order valence-electron chi connectivity index (χ1n) is 7.82. The van der Waals surface area contributed by atoms with Gasteiger partial charge in [0.15, 0.2) is 0 Å². The zero-order valence-corrected chi connectivity index (χ0v) is 13.5. The van der Waals surface area contributed by atoms with Crippen molar-refractivity contribution in [2.45, 2.75) is 12.8 Å². The highest BCUT2D eigenvalue weighted by Crippen LogP contribution is 2.24. The van der Waals surface area contributed by atoms with Crippen molar-refractivity contribution in [1.29, 1.82) is 0 Å². The zero-order valence-electron chi connectivity index (χ0n) is 12.7. The first-order valence-corrected chi connectivity index (χ1v) is 8.70. The first-order chi connectivity index (χ1) is 11.3. The van der Waals surface area contributed by atoms with E-state index in [1.165, 1.54) is 0 Å². The van der Waals surface area contributed by atoms with Crippen molar-refractivity contribution in [1.82, 2.24) is 14.9 Å². The number of hydrogen-bond donors (Lipinski definition) is 0. The Hall–Kier alpha value is -2.27. The summed E-state index contributed by atoms with van der Waals surface area (Å²) in [5.74, 6) is 0.629. The molecule has 4 rings (SSSR count). The Morgan fingerprint density at radius 1 is 1.26 bits per heavy atom. The van der Waals surface area contributed by atoms with Gasteiger partial charge in [-0.25, -0.2) is 4.98 Å². The molecule has 1 aliphatic heterocycles. The molecule has 1 aliphatic rings. The number of carbonyl (C=O) groups is 1. The monoisotopic (exact) mass is 323 g/mol. The topological polar surface area (TPSA) is 46.1 Å². The molecule has 0 N–H and O–H groups in total. The predicted octanol–water partition coefficient (Wildman–Crippen LogP) is 3.40. The summed E-state index contributed by atoms with van der Waals surface area (Å²) >= 11 is 1.57. The van der Waals surface area contributed by atoms with Crippen molar-refractivity contribution >= 4 is 27.5 Å². The molecule has 0 bridgehead atoms. The summed E-state index contributed by atoms with van der Waals surface area (Å²) in [5, 5.41) is 0. The molecule has 1 saturated heterocycles. The fraction of sp³-hybridized carbons (Fsp3) is 0.278. The van der Waals surface area contributed by atoms with Crippen molar-refractivity contribution < 1.29 is 4.79 Å². The number of thiazole rings is 1. The minimum atomic E-state index is 0.129. The van der Waals surface area contributed by atoms with Crippen LogP contribution in [0.4, 0.5) is 0 Å². The Balaban J connectivity index is 1.45. The van der Waals surface area contributed by atoms with E-state index in [1.807, 2.05) is 46.9 Å². The van der Waals surface area contributed by atoms with Crippen molar-refractivity contribution in [3.63, 3.8) is 0 Å². The molecular weight excluding hydrogens is 306 g/mol. The summed E-state index contributed by atoms with van der Waals surface area (Å²) in [6.07, 6.45) is 3.82. The summed E-state index contributed by atoms with van der Waals surface area (Å²) in [5.41, 5.74) is 4.65. The van der Waals surface area contributed by atoms with Gasteiger partial charge in [0, 0.05) is 30.5 Å². The van der Waals surface area contributed by atoms with Crippen molar-refractivity contribution in [3.05, 3.63) is 59.4 Å². The fourth-order valence-corrected chi connectivity index (χ4v) is 3.89. The highest BCUT2D eigenvalue weighted by molar-refractivity contribution is 7.16. The molecule has 3 aromatic rings. The van der Waals surface area contributed by atoms with Gasteiger partial charge in [0.25, 0.3) is 5.91 Å². The van der Waals surface area contributed by atoms with E-state index in [4.69, 9.17) is 0 Å². The molecule has 23 heavy (non-hydrogen) atoms. The number of hydrogen-bond acceptors (Lipinski definition) is 4. The second-order valence-corrected chi connectivity index (χ2v) is 6.85. The average molecular weight is 323 g/mol. The van der Waals surface area contributed by atoms with Crippen LogP contribution in [0.25, 0.3) is 10.2 Å². The summed E-state index contributed by atoms with van der Waals surface area (Å²) in [4.78, 5) is 23.3. The average Bonchev–Trinajstić information content (AvgIpc) is 3.23. The number of rotatable bonds is 3. The predicted molar refractivity (Wildman–Crippen MR) is 91.6 cm³/mol. The van der Waals surface area contributed by atoms with Crippen LogP contribution in [0.15, 0.2) is 48.1 Å². The van der Waals surface area contributed by atoms with E-state index >= 15 is 0 Å². The highest BCUT2D eigenvalue weighted by Gasteiger charge is 2.27. The number of amides is 1. The lowest BCUT2D eigenvalue weighted by Crippen LogP contribution is -2.28. The number of likely N-dealkylation sites (tertiary alicyclic amines) is 1. The zero-order chi connectivity index (χ0) is 15.6. The maximum absolute atomic E-state index is 12.7. The van der Waals surface area contributed by atoms with E-state index < -0.39 is 0 Å². The lowest BCUT2D eigenvalue weighted by atomic mass is 10.0. The lowest BCUT2D eigenvalue weighted by molar-refractivity contribution is 0.0787. The quantitative estimate of drug-likeness (QED) is 0.742. The second-order valence-electron chi connectivity index (χ2n) is 5.97. The van der Waals surface area contributed by atoms with E-state index in [0.29, 0.717) is 5.92 Å². The van der Waals surface area contributed by atoms with Crippen LogP contribution in [0.3, 0.4) is 0 Å². The normalized spacial score (nSPS) is 17.7. The van der Waals surface area contributed by atoms with E-state index in [9.17, 15) is 4.79 Å². The number of fused-ring (bicyclic) bond motifs is 1. The van der Waals surface area contributed by atoms with Crippen molar-refractivity contribution in [2.24, 2.45) is 5.92 Å². The summed E-state index contributed by atoms with van der Waals surface area (Å²) < 4.78 is 1.07. The molecule has 1 aromatic carbocycles. The third-order valence-electron chi connectivity index (χ3n) is 4.38. The molecule has 1 unspecified atom stereocenters. The third-order valence-corrected chi connectivity index (χ3v) is 5.17. The maximum atomic E-state index is 12.7. The van der Waals surface area contributed by atoms with E-state index in [0.717, 1.165) is 47.4 Å². The minimum absolute atomic E-state index is 0.129. The maximum Gasteiger partial charge on any atom is 0.253 e. The summed E-state index contributed by atoms with van der Waals surface area (Å²) in [6.45, 7) is 1.65. The molecule has 4 nitrogen and oxygen atoms in total. The molecule has 0 radical (unpaired) electrons. The van der Waals surface area contributed by atoms with Gasteiger partial charge in [0.05, 0.1) is 15.7 Å². The molecule has 3 heterocycles. The minimum Gasteiger partial charge on any atom is -0.338 e. The van der Waals surface area contributed by atoms with Crippen LogP contribution in [-0.2, 0) is 6.42 Å². The van der Waals surface area contributed by atoms with Crippen LogP contribution in [-0.4, -0.2) is 33.9 Å². The molecule has 0 spiro atoms. The van der Waals surface area contributed by atoms with Gasteiger partial charge in [-0.1, -0.05) is 6.07 Å². The second kappa shape index (κ2) is 6.08. The Morgan fingerprint density at radius 2 is 2.22 bits per heavy atom. The number of pyridine rings is 1. The molecule has 1 amide bonds. The molecule has 1 atom stereocenters. The van der Waals surface area contributed by atoms with Crippen molar-refractivity contribution in [3.8, 4) is 0 Å². The van der Waals surface area contributed by atoms with Gasteiger partial charge < -0.3 is 4.90 Å². The van der Waals surface area contributed by atoms with E-state index in [1.54, 1.807) is 11.3 Å². The Bertz CT molecular complexity index is 830. The smallest absolute Gasteiger partial charge is 0.253 e. The molecule has 5 heteroatoms. The van der Waals surface area contributed by atoms with E-state index in [-0.39, 0.29) is 5.91 Å². The van der Waals surface area contributed by atoms with E-state index in [2.05, 4.69) is 16.0 Å². The third kappa shape index (κ3) is 2.97. The Kier molecular flexibility index (Phi) is 3.79. The number of benzene rings is 1. The SMILES string of the molecule is O=C(c1ccc2ncsc2c1)N1CCC(Cc2ccccn2)C1. The summed E-state index contributed by atoms with van der Waals surface area (Å²) in [6, 6.07) is 11.8. The fourth-order valence-electron chi connectivity index (χ4n) is 3.17. The molecule has 0 aliphatic carbocycles. The summed E-state index contributed by atoms with van der Waals surface area (Å²) in [7, 11) is 0.